The predicted molar refractivity (Wildman–Crippen MR) is 80.7 cm³/mol. The maximum Gasteiger partial charge on any atom is 0.309 e. The van der Waals surface area contributed by atoms with Crippen molar-refractivity contribution in [3.8, 4) is 5.75 Å². The van der Waals surface area contributed by atoms with Crippen molar-refractivity contribution >= 4 is 5.97 Å². The Morgan fingerprint density at radius 2 is 2.14 bits per heavy atom. The number of ether oxygens (including phenoxy) is 1. The second-order valence-corrected chi connectivity index (χ2v) is 6.72. The molecule has 1 N–H and O–H groups in total. The Kier molecular flexibility index (Phi) is 3.66. The van der Waals surface area contributed by atoms with Crippen LogP contribution in [0.15, 0.2) is 18.2 Å². The number of hydrogen-bond donors (Lipinski definition) is 1. The molecule has 3 rings (SSSR count). The first-order chi connectivity index (χ1) is 9.96. The fraction of sp³-hybridized carbons (Fsp3) is 0.588. The van der Waals surface area contributed by atoms with Crippen LogP contribution >= 0.6 is 0 Å². The highest BCUT2D eigenvalue weighted by molar-refractivity contribution is 5.74. The Bertz CT molecular complexity index is 547. The molecule has 0 amide bonds. The zero-order chi connectivity index (χ0) is 15.0. The zero-order valence-corrected chi connectivity index (χ0v) is 12.8. The number of carbonyl (C=O) groups is 1. The highest BCUT2D eigenvalue weighted by Gasteiger charge is 2.37. The molecule has 1 aromatic rings. The van der Waals surface area contributed by atoms with Crippen LogP contribution in [0.4, 0.5) is 0 Å². The Morgan fingerprint density at radius 3 is 2.81 bits per heavy atom. The Labute approximate surface area is 125 Å². The van der Waals surface area contributed by atoms with E-state index >= 15 is 0 Å². The van der Waals surface area contributed by atoms with E-state index in [0.717, 1.165) is 44.6 Å². The van der Waals surface area contributed by atoms with Gasteiger partial charge in [0.25, 0.3) is 0 Å². The lowest BCUT2D eigenvalue weighted by molar-refractivity contribution is -0.150. The maximum absolute atomic E-state index is 11.3. The van der Waals surface area contributed by atoms with Crippen molar-refractivity contribution in [3.05, 3.63) is 29.3 Å². The summed E-state index contributed by atoms with van der Waals surface area (Å²) in [6.45, 7) is 6.54. The van der Waals surface area contributed by atoms with Crippen molar-refractivity contribution in [2.24, 2.45) is 5.41 Å². The van der Waals surface area contributed by atoms with Gasteiger partial charge < -0.3 is 9.84 Å². The molecule has 0 aromatic heterocycles. The molecule has 1 atom stereocenters. The highest BCUT2D eigenvalue weighted by atomic mass is 16.5. The van der Waals surface area contributed by atoms with Gasteiger partial charge in [-0.25, -0.2) is 0 Å². The van der Waals surface area contributed by atoms with E-state index in [0.29, 0.717) is 0 Å². The smallest absolute Gasteiger partial charge is 0.309 e. The number of nitrogens with zero attached hydrogens (tertiary/aromatic N) is 1. The van der Waals surface area contributed by atoms with Gasteiger partial charge in [-0.2, -0.15) is 0 Å². The standard InChI is InChI=1S/C17H23NO3/c1-12-3-4-15-13(9-12)10-14(21-15)11-18-7-5-17(2,6-8-18)16(19)20/h3-4,9,14H,5-8,10-11H2,1-2H3,(H,19,20). The molecule has 0 saturated carbocycles. The van der Waals surface area contributed by atoms with Gasteiger partial charge in [-0.05, 0) is 51.4 Å². The van der Waals surface area contributed by atoms with Crippen molar-refractivity contribution in [3.63, 3.8) is 0 Å². The molecule has 4 nitrogen and oxygen atoms in total. The summed E-state index contributed by atoms with van der Waals surface area (Å²) in [6, 6.07) is 6.34. The average Bonchev–Trinajstić information content (AvgIpc) is 2.82. The van der Waals surface area contributed by atoms with Crippen LogP contribution in [0.1, 0.15) is 30.9 Å². The molecular weight excluding hydrogens is 266 g/mol. The first-order valence-corrected chi connectivity index (χ1v) is 7.68. The lowest BCUT2D eigenvalue weighted by Gasteiger charge is -2.37. The molecule has 1 saturated heterocycles. The summed E-state index contributed by atoms with van der Waals surface area (Å²) in [5.41, 5.74) is 2.02. The van der Waals surface area contributed by atoms with E-state index in [4.69, 9.17) is 4.74 Å². The van der Waals surface area contributed by atoms with Crippen LogP contribution in [0.25, 0.3) is 0 Å². The van der Waals surface area contributed by atoms with E-state index in [1.165, 1.54) is 11.1 Å². The van der Waals surface area contributed by atoms with Gasteiger partial charge in [-0.1, -0.05) is 17.7 Å². The number of aliphatic carboxylic acids is 1. The third-order valence-electron chi connectivity index (χ3n) is 4.89. The molecule has 0 radical (unpaired) electrons. The second-order valence-electron chi connectivity index (χ2n) is 6.72. The Balaban J connectivity index is 1.55. The molecule has 1 aromatic carbocycles. The zero-order valence-electron chi connectivity index (χ0n) is 12.8. The van der Waals surface area contributed by atoms with Crippen LogP contribution in [-0.2, 0) is 11.2 Å². The van der Waals surface area contributed by atoms with Gasteiger partial charge in [0.05, 0.1) is 5.41 Å². The summed E-state index contributed by atoms with van der Waals surface area (Å²) in [5.74, 6) is 0.347. The van der Waals surface area contributed by atoms with E-state index in [2.05, 4.69) is 30.0 Å². The number of carboxylic acid groups (broad SMARTS) is 1. The number of carboxylic acids is 1. The third kappa shape index (κ3) is 2.91. The van der Waals surface area contributed by atoms with Gasteiger partial charge in [0.1, 0.15) is 11.9 Å². The summed E-state index contributed by atoms with van der Waals surface area (Å²) >= 11 is 0. The number of rotatable bonds is 3. The number of piperidine rings is 1. The van der Waals surface area contributed by atoms with Gasteiger partial charge in [0.2, 0.25) is 0 Å². The van der Waals surface area contributed by atoms with Crippen molar-refractivity contribution < 1.29 is 14.6 Å². The second kappa shape index (κ2) is 5.34. The molecule has 2 aliphatic heterocycles. The van der Waals surface area contributed by atoms with Crippen LogP contribution in [0.2, 0.25) is 0 Å². The van der Waals surface area contributed by atoms with Crippen LogP contribution in [0, 0.1) is 12.3 Å². The molecule has 114 valence electrons. The number of likely N-dealkylation sites (tertiary alicyclic amines) is 1. The minimum Gasteiger partial charge on any atom is -0.488 e. The SMILES string of the molecule is Cc1ccc2c(c1)CC(CN1CCC(C)(C(=O)O)CC1)O2. The van der Waals surface area contributed by atoms with Gasteiger partial charge in [-0.3, -0.25) is 9.69 Å². The first kappa shape index (κ1) is 14.4. The van der Waals surface area contributed by atoms with E-state index in [9.17, 15) is 9.90 Å². The van der Waals surface area contributed by atoms with Crippen molar-refractivity contribution in [2.45, 2.75) is 39.2 Å². The van der Waals surface area contributed by atoms with Gasteiger partial charge in [0, 0.05) is 13.0 Å². The van der Waals surface area contributed by atoms with Crippen LogP contribution in [0.5, 0.6) is 5.75 Å². The number of hydrogen-bond acceptors (Lipinski definition) is 3. The molecule has 21 heavy (non-hydrogen) atoms. The Morgan fingerprint density at radius 1 is 1.43 bits per heavy atom. The van der Waals surface area contributed by atoms with Crippen LogP contribution in [0.3, 0.4) is 0 Å². The molecule has 0 spiro atoms. The van der Waals surface area contributed by atoms with Crippen molar-refractivity contribution in [1.82, 2.24) is 4.90 Å². The number of aryl methyl sites for hydroxylation is 1. The van der Waals surface area contributed by atoms with E-state index in [1.54, 1.807) is 0 Å². The quantitative estimate of drug-likeness (QED) is 0.929. The Hall–Kier alpha value is -1.55. The summed E-state index contributed by atoms with van der Waals surface area (Å²) in [7, 11) is 0. The normalized spacial score (nSPS) is 24.4. The van der Waals surface area contributed by atoms with Crippen LogP contribution in [-0.4, -0.2) is 41.7 Å². The molecule has 1 fully saturated rings. The van der Waals surface area contributed by atoms with E-state index in [1.807, 2.05) is 6.92 Å². The predicted octanol–water partition coefficient (Wildman–Crippen LogP) is 2.49. The molecule has 0 aliphatic carbocycles. The van der Waals surface area contributed by atoms with Gasteiger partial charge in [0.15, 0.2) is 0 Å². The first-order valence-electron chi connectivity index (χ1n) is 7.68. The molecule has 0 bridgehead atoms. The molecule has 4 heteroatoms. The average molecular weight is 289 g/mol. The van der Waals surface area contributed by atoms with Crippen molar-refractivity contribution in [1.29, 1.82) is 0 Å². The van der Waals surface area contributed by atoms with E-state index < -0.39 is 11.4 Å². The van der Waals surface area contributed by atoms with E-state index in [-0.39, 0.29) is 6.10 Å². The largest absolute Gasteiger partial charge is 0.488 e. The molecular formula is C17H23NO3. The topological polar surface area (TPSA) is 49.8 Å². The summed E-state index contributed by atoms with van der Waals surface area (Å²) < 4.78 is 6.01. The summed E-state index contributed by atoms with van der Waals surface area (Å²) in [4.78, 5) is 13.6. The molecule has 2 aliphatic rings. The van der Waals surface area contributed by atoms with Gasteiger partial charge in [-0.15, -0.1) is 0 Å². The number of fused-ring (bicyclic) bond motifs is 1. The molecule has 2 heterocycles. The summed E-state index contributed by atoms with van der Waals surface area (Å²) in [5, 5.41) is 9.27. The minimum atomic E-state index is -0.665. The lowest BCUT2D eigenvalue weighted by atomic mass is 9.80. The van der Waals surface area contributed by atoms with Gasteiger partial charge >= 0.3 is 5.97 Å². The summed E-state index contributed by atoms with van der Waals surface area (Å²) in [6.07, 6.45) is 2.61. The lowest BCUT2D eigenvalue weighted by Crippen LogP contribution is -2.45. The highest BCUT2D eigenvalue weighted by Crippen LogP contribution is 2.33. The third-order valence-corrected chi connectivity index (χ3v) is 4.89. The maximum atomic E-state index is 11.3. The fourth-order valence-corrected chi connectivity index (χ4v) is 3.28. The monoisotopic (exact) mass is 289 g/mol. The fourth-order valence-electron chi connectivity index (χ4n) is 3.28. The minimum absolute atomic E-state index is 0.205. The van der Waals surface area contributed by atoms with Crippen LogP contribution < -0.4 is 4.74 Å². The molecule has 1 unspecified atom stereocenters. The van der Waals surface area contributed by atoms with Crippen molar-refractivity contribution in [2.75, 3.05) is 19.6 Å². The number of benzene rings is 1.